The first-order valence-electron chi connectivity index (χ1n) is 4.26. The van der Waals surface area contributed by atoms with Gasteiger partial charge in [-0.2, -0.15) is 0 Å². The highest BCUT2D eigenvalue weighted by atomic mass is 16.4. The molecule has 0 aliphatic heterocycles. The van der Waals surface area contributed by atoms with Crippen LogP contribution >= 0.6 is 0 Å². The molecule has 0 aliphatic rings. The number of carboxylic acids is 2. The van der Waals surface area contributed by atoms with Crippen molar-refractivity contribution in [2.24, 2.45) is 5.73 Å². The minimum Gasteiger partial charge on any atom is -0.481 e. The Morgan fingerprint density at radius 2 is 1.73 bits per heavy atom. The first-order valence-corrected chi connectivity index (χ1v) is 4.26. The number of hydrogen-bond donors (Lipinski definition) is 3. The maximum Gasteiger partial charge on any atom is 0.328 e. The molecule has 0 amide bonds. The van der Waals surface area contributed by atoms with Crippen LogP contribution in [0.2, 0.25) is 0 Å². The van der Waals surface area contributed by atoms with Gasteiger partial charge in [-0.05, 0) is 5.56 Å². The molecule has 0 radical (unpaired) electrons. The summed E-state index contributed by atoms with van der Waals surface area (Å²) in [5.41, 5.74) is 3.99. The van der Waals surface area contributed by atoms with Gasteiger partial charge in [-0.1, -0.05) is 30.3 Å². The van der Waals surface area contributed by atoms with Gasteiger partial charge < -0.3 is 15.9 Å². The summed E-state index contributed by atoms with van der Waals surface area (Å²) in [6, 6.07) is 7.92. The van der Waals surface area contributed by atoms with E-state index in [0.29, 0.717) is 0 Å². The summed E-state index contributed by atoms with van der Waals surface area (Å²) in [6.45, 7) is 0. The maximum absolute atomic E-state index is 11.0. The Labute approximate surface area is 86.1 Å². The van der Waals surface area contributed by atoms with Gasteiger partial charge in [-0.25, -0.2) is 4.79 Å². The van der Waals surface area contributed by atoms with Crippen LogP contribution in [0.5, 0.6) is 0 Å². The third-order valence-corrected chi connectivity index (χ3v) is 2.10. The van der Waals surface area contributed by atoms with E-state index in [4.69, 9.17) is 15.9 Å². The smallest absolute Gasteiger partial charge is 0.328 e. The minimum atomic E-state index is -1.87. The van der Waals surface area contributed by atoms with Gasteiger partial charge in [0.25, 0.3) is 0 Å². The molecular weight excluding hydrogens is 198 g/mol. The predicted molar refractivity (Wildman–Crippen MR) is 52.2 cm³/mol. The lowest BCUT2D eigenvalue weighted by molar-refractivity contribution is -0.150. The van der Waals surface area contributed by atoms with Crippen molar-refractivity contribution in [3.63, 3.8) is 0 Å². The second kappa shape index (κ2) is 4.10. The number of benzene rings is 1. The molecule has 0 aromatic heterocycles. The fourth-order valence-electron chi connectivity index (χ4n) is 1.28. The highest BCUT2D eigenvalue weighted by molar-refractivity contribution is 5.86. The Kier molecular flexibility index (Phi) is 3.06. The molecule has 1 aromatic rings. The van der Waals surface area contributed by atoms with Gasteiger partial charge in [-0.15, -0.1) is 0 Å². The number of hydrogen-bond acceptors (Lipinski definition) is 3. The first kappa shape index (κ1) is 11.2. The zero-order valence-electron chi connectivity index (χ0n) is 7.88. The summed E-state index contributed by atoms with van der Waals surface area (Å²) in [4.78, 5) is 21.5. The number of carboxylic acid groups (broad SMARTS) is 2. The summed E-state index contributed by atoms with van der Waals surface area (Å²) < 4.78 is 0. The zero-order valence-corrected chi connectivity index (χ0v) is 7.88. The molecule has 0 saturated carbocycles. The van der Waals surface area contributed by atoms with Gasteiger partial charge in [0.05, 0.1) is 6.42 Å². The fraction of sp³-hybridized carbons (Fsp3) is 0.200. The van der Waals surface area contributed by atoms with Crippen LogP contribution in [0, 0.1) is 0 Å². The number of nitrogens with two attached hydrogens (primary N) is 1. The summed E-state index contributed by atoms with van der Waals surface area (Å²) in [6.07, 6.45) is -0.646. The highest BCUT2D eigenvalue weighted by Gasteiger charge is 2.38. The standard InChI is InChI=1S/C10H11NO4/c11-10(9(14)15,6-8(12)13)7-4-2-1-3-5-7/h1-5H,6,11H2,(H,12,13)(H,14,15). The second-order valence-electron chi connectivity index (χ2n) is 3.21. The van der Waals surface area contributed by atoms with Crippen molar-refractivity contribution in [2.45, 2.75) is 12.0 Å². The molecule has 0 aliphatic carbocycles. The van der Waals surface area contributed by atoms with Crippen molar-refractivity contribution in [3.05, 3.63) is 35.9 Å². The Hall–Kier alpha value is -1.88. The summed E-state index contributed by atoms with van der Waals surface area (Å²) in [7, 11) is 0. The van der Waals surface area contributed by atoms with E-state index in [9.17, 15) is 9.59 Å². The molecule has 0 spiro atoms. The Bertz CT molecular complexity index is 376. The van der Waals surface area contributed by atoms with E-state index in [2.05, 4.69) is 0 Å². The van der Waals surface area contributed by atoms with Crippen molar-refractivity contribution in [3.8, 4) is 0 Å². The van der Waals surface area contributed by atoms with Crippen LogP contribution in [0.4, 0.5) is 0 Å². The highest BCUT2D eigenvalue weighted by Crippen LogP contribution is 2.22. The average molecular weight is 209 g/mol. The monoisotopic (exact) mass is 209 g/mol. The quantitative estimate of drug-likeness (QED) is 0.666. The third kappa shape index (κ3) is 2.32. The van der Waals surface area contributed by atoms with E-state index in [1.54, 1.807) is 18.2 Å². The van der Waals surface area contributed by atoms with Gasteiger partial charge in [0, 0.05) is 0 Å². The predicted octanol–water partition coefficient (Wildman–Crippen LogP) is 0.400. The SMILES string of the molecule is NC(CC(=O)O)(C(=O)O)c1ccccc1. The number of rotatable bonds is 4. The molecule has 1 aromatic carbocycles. The molecule has 4 N–H and O–H groups in total. The van der Waals surface area contributed by atoms with Crippen LogP contribution in [0.25, 0.3) is 0 Å². The van der Waals surface area contributed by atoms with Crippen molar-refractivity contribution < 1.29 is 19.8 Å². The minimum absolute atomic E-state index is 0.278. The van der Waals surface area contributed by atoms with Gasteiger partial charge in [0.2, 0.25) is 0 Å². The average Bonchev–Trinajstić information content (AvgIpc) is 2.17. The van der Waals surface area contributed by atoms with Crippen molar-refractivity contribution >= 4 is 11.9 Å². The molecule has 15 heavy (non-hydrogen) atoms. The molecule has 5 heteroatoms. The van der Waals surface area contributed by atoms with E-state index in [0.717, 1.165) is 0 Å². The van der Waals surface area contributed by atoms with Crippen LogP contribution in [0.1, 0.15) is 12.0 Å². The molecular formula is C10H11NO4. The van der Waals surface area contributed by atoms with Crippen LogP contribution in [0.3, 0.4) is 0 Å². The summed E-state index contributed by atoms with van der Waals surface area (Å²) >= 11 is 0. The van der Waals surface area contributed by atoms with Crippen molar-refractivity contribution in [1.82, 2.24) is 0 Å². The van der Waals surface area contributed by atoms with E-state index in [1.165, 1.54) is 12.1 Å². The van der Waals surface area contributed by atoms with Gasteiger partial charge in [-0.3, -0.25) is 4.79 Å². The zero-order chi connectivity index (χ0) is 11.5. The van der Waals surface area contributed by atoms with Gasteiger partial charge in [0.15, 0.2) is 5.54 Å². The van der Waals surface area contributed by atoms with Crippen molar-refractivity contribution in [2.75, 3.05) is 0 Å². The lowest BCUT2D eigenvalue weighted by Crippen LogP contribution is -2.46. The molecule has 1 unspecified atom stereocenters. The van der Waals surface area contributed by atoms with E-state index in [-0.39, 0.29) is 5.56 Å². The molecule has 1 rings (SSSR count). The molecule has 0 bridgehead atoms. The summed E-state index contributed by atoms with van der Waals surface area (Å²) in [5, 5.41) is 17.6. The summed E-state index contributed by atoms with van der Waals surface area (Å²) in [5.74, 6) is -2.60. The molecule has 0 saturated heterocycles. The lowest BCUT2D eigenvalue weighted by Gasteiger charge is -2.22. The topological polar surface area (TPSA) is 101 Å². The van der Waals surface area contributed by atoms with Gasteiger partial charge >= 0.3 is 11.9 Å². The van der Waals surface area contributed by atoms with Crippen molar-refractivity contribution in [1.29, 1.82) is 0 Å². The van der Waals surface area contributed by atoms with Gasteiger partial charge in [0.1, 0.15) is 0 Å². The van der Waals surface area contributed by atoms with Crippen LogP contribution in [0.15, 0.2) is 30.3 Å². The molecule has 0 fully saturated rings. The van der Waals surface area contributed by atoms with Crippen LogP contribution in [-0.2, 0) is 15.1 Å². The van der Waals surface area contributed by atoms with Crippen LogP contribution in [-0.4, -0.2) is 22.2 Å². The number of aliphatic carboxylic acids is 2. The second-order valence-corrected chi connectivity index (χ2v) is 3.21. The fourth-order valence-corrected chi connectivity index (χ4v) is 1.28. The molecule has 5 nitrogen and oxygen atoms in total. The molecule has 80 valence electrons. The lowest BCUT2D eigenvalue weighted by atomic mass is 9.88. The largest absolute Gasteiger partial charge is 0.481 e. The first-order chi connectivity index (χ1) is 6.97. The van der Waals surface area contributed by atoms with Crippen LogP contribution < -0.4 is 5.73 Å². The van der Waals surface area contributed by atoms with E-state index < -0.39 is 23.9 Å². The Balaban J connectivity index is 3.13. The Morgan fingerprint density at radius 1 is 1.20 bits per heavy atom. The molecule has 0 heterocycles. The third-order valence-electron chi connectivity index (χ3n) is 2.10. The molecule has 1 atom stereocenters. The Morgan fingerprint density at radius 3 is 2.13 bits per heavy atom. The van der Waals surface area contributed by atoms with E-state index in [1.807, 2.05) is 0 Å². The number of carbonyl (C=O) groups is 2. The van der Waals surface area contributed by atoms with E-state index >= 15 is 0 Å². The normalized spacial score (nSPS) is 14.2. The maximum atomic E-state index is 11.0.